The van der Waals surface area contributed by atoms with Gasteiger partial charge in [-0.2, -0.15) is 5.10 Å². The number of rotatable bonds is 11. The number of hydrazone groups is 1. The Kier molecular flexibility index (Phi) is 16.2. The van der Waals surface area contributed by atoms with E-state index in [0.29, 0.717) is 42.5 Å². The molecular formula is C39H52Cl2N4O4S. The minimum Gasteiger partial charge on any atom is -0.489 e. The molecule has 2 aliphatic heterocycles. The summed E-state index contributed by atoms with van der Waals surface area (Å²) >= 11 is 11.9. The lowest BCUT2D eigenvalue weighted by Crippen LogP contribution is -2.54. The number of hydrogen-bond donors (Lipinski definition) is 0. The highest BCUT2D eigenvalue weighted by atomic mass is 35.5. The van der Waals surface area contributed by atoms with E-state index >= 15 is 0 Å². The molecule has 8 nitrogen and oxygen atoms in total. The molecule has 0 N–H and O–H groups in total. The maximum absolute atomic E-state index is 14.6. The van der Waals surface area contributed by atoms with E-state index in [9.17, 15) is 9.59 Å². The number of aryl methyl sites for hydroxylation is 1. The molecule has 1 fully saturated rings. The lowest BCUT2D eigenvalue weighted by molar-refractivity contribution is -0.134. The quantitative estimate of drug-likeness (QED) is 0.112. The fourth-order valence-electron chi connectivity index (χ4n) is 5.55. The van der Waals surface area contributed by atoms with Gasteiger partial charge in [-0.1, -0.05) is 91.7 Å². The maximum Gasteiger partial charge on any atom is 0.262 e. The fraction of sp³-hybridized carbons (Fsp3) is 0.410. The predicted molar refractivity (Wildman–Crippen MR) is 212 cm³/mol. The van der Waals surface area contributed by atoms with E-state index in [1.54, 1.807) is 30.2 Å². The third-order valence-electron chi connectivity index (χ3n) is 8.00. The largest absolute Gasteiger partial charge is 0.489 e. The average molecular weight is 744 g/mol. The summed E-state index contributed by atoms with van der Waals surface area (Å²) in [6, 6.07) is 22.2. The molecule has 2 atom stereocenters. The van der Waals surface area contributed by atoms with Gasteiger partial charge in [0.15, 0.2) is 0 Å². The molecule has 0 aromatic heterocycles. The van der Waals surface area contributed by atoms with Crippen LogP contribution in [0.5, 0.6) is 5.75 Å². The van der Waals surface area contributed by atoms with Gasteiger partial charge < -0.3 is 14.4 Å². The van der Waals surface area contributed by atoms with Crippen molar-refractivity contribution in [3.8, 4) is 5.75 Å². The van der Waals surface area contributed by atoms with Crippen LogP contribution in [-0.2, 0) is 14.3 Å². The standard InChI is InChI=1S/C31H41ClN4O4S.C6H5Cl.C2H6/c1-7-15-40-27-13-11-22(2)18-26(27)30-25(12-14-28-33-34(3)29(37)20-35(28)30)31(38)36(21-39-16-17-41(4,5)6)24-10-8-9-23(32)19-24;7-6-4-2-1-3-5-6;1-2/h7-11,13,18-19,25,30H,1,12,14-17,20-21H2,2-6H3;1-5H;1-2H3/t25?,30-;;/m0../s1. The van der Waals surface area contributed by atoms with E-state index in [4.69, 9.17) is 32.7 Å². The number of halogens is 2. The second kappa shape index (κ2) is 19.8. The zero-order valence-electron chi connectivity index (χ0n) is 30.4. The third-order valence-corrected chi connectivity index (χ3v) is 9.88. The molecule has 0 bridgehead atoms. The van der Waals surface area contributed by atoms with Gasteiger partial charge in [-0.25, -0.2) is 15.0 Å². The number of amides is 2. The van der Waals surface area contributed by atoms with Crippen molar-refractivity contribution in [1.29, 1.82) is 0 Å². The Morgan fingerprint density at radius 2 is 1.74 bits per heavy atom. The number of likely N-dealkylation sites (N-methyl/N-ethyl adjacent to an activating group) is 1. The van der Waals surface area contributed by atoms with Crippen LogP contribution in [0, 0.1) is 12.8 Å². The minimum atomic E-state index is -0.745. The number of benzene rings is 3. The Morgan fingerprint density at radius 3 is 2.36 bits per heavy atom. The summed E-state index contributed by atoms with van der Waals surface area (Å²) in [7, 11) is 0.924. The van der Waals surface area contributed by atoms with Gasteiger partial charge in [-0.05, 0) is 68.5 Å². The van der Waals surface area contributed by atoms with Crippen molar-refractivity contribution in [2.75, 3.05) is 63.0 Å². The van der Waals surface area contributed by atoms with Crippen molar-refractivity contribution in [3.63, 3.8) is 0 Å². The first-order valence-electron chi connectivity index (χ1n) is 16.8. The molecular weight excluding hydrogens is 691 g/mol. The summed E-state index contributed by atoms with van der Waals surface area (Å²) < 4.78 is 12.2. The van der Waals surface area contributed by atoms with Crippen molar-refractivity contribution in [2.45, 2.75) is 39.7 Å². The molecule has 0 saturated carbocycles. The normalized spacial score (nSPS) is 17.2. The van der Waals surface area contributed by atoms with Crippen LogP contribution in [0.3, 0.4) is 0 Å². The summed E-state index contributed by atoms with van der Waals surface area (Å²) in [6.45, 7) is 10.9. The number of anilines is 1. The Morgan fingerprint density at radius 1 is 1.04 bits per heavy atom. The Hall–Kier alpha value is -3.50. The predicted octanol–water partition coefficient (Wildman–Crippen LogP) is 8.82. The van der Waals surface area contributed by atoms with Crippen LogP contribution >= 0.6 is 33.2 Å². The first kappa shape index (κ1) is 40.9. The number of carbonyl (C=O) groups excluding carboxylic acids is 2. The first-order chi connectivity index (χ1) is 23.9. The van der Waals surface area contributed by atoms with Crippen molar-refractivity contribution >= 4 is 56.6 Å². The molecule has 0 aliphatic carbocycles. The molecule has 1 saturated heterocycles. The third kappa shape index (κ3) is 11.8. The van der Waals surface area contributed by atoms with E-state index in [2.05, 4.69) is 30.4 Å². The van der Waals surface area contributed by atoms with Crippen LogP contribution in [0.4, 0.5) is 5.69 Å². The first-order valence-corrected chi connectivity index (χ1v) is 20.6. The Bertz CT molecular complexity index is 1600. The van der Waals surface area contributed by atoms with E-state index in [1.165, 1.54) is 5.01 Å². The lowest BCUT2D eigenvalue weighted by Gasteiger charge is -2.46. The molecule has 11 heteroatoms. The zero-order valence-corrected chi connectivity index (χ0v) is 32.7. The van der Waals surface area contributed by atoms with E-state index in [0.717, 1.165) is 27.7 Å². The number of ether oxygens (including phenoxy) is 2. The molecule has 2 amide bonds. The highest BCUT2D eigenvalue weighted by Crippen LogP contribution is 2.44. The molecule has 3 aromatic carbocycles. The monoisotopic (exact) mass is 742 g/mol. The van der Waals surface area contributed by atoms with Gasteiger partial charge in [-0.3, -0.25) is 14.5 Å². The smallest absolute Gasteiger partial charge is 0.262 e. The van der Waals surface area contributed by atoms with Crippen LogP contribution in [0.2, 0.25) is 10.0 Å². The second-order valence-electron chi connectivity index (χ2n) is 12.7. The SMILES string of the molecule is C=CCOc1ccc(C)cc1[C@@H]1C(C(=O)N(COCCS(C)(C)C)c2cccc(Cl)c2)CCC2=NN(C)C(=O)CN21.CC.Clc1ccccc1. The lowest BCUT2D eigenvalue weighted by atomic mass is 9.82. The van der Waals surface area contributed by atoms with Gasteiger partial charge in [0.25, 0.3) is 5.91 Å². The van der Waals surface area contributed by atoms with Crippen LogP contribution in [0.15, 0.2) is 90.6 Å². The number of fused-ring (bicyclic) bond motifs is 1. The van der Waals surface area contributed by atoms with Crippen LogP contribution in [0.25, 0.3) is 0 Å². The minimum absolute atomic E-state index is 0.0954. The van der Waals surface area contributed by atoms with Gasteiger partial charge in [-0.15, -0.1) is 0 Å². The Balaban J connectivity index is 0.000000659. The molecule has 5 rings (SSSR count). The van der Waals surface area contributed by atoms with Crippen molar-refractivity contribution in [1.82, 2.24) is 9.91 Å². The number of hydrogen-bond acceptors (Lipinski definition) is 6. The number of piperidine rings is 1. The average Bonchev–Trinajstić information content (AvgIpc) is 3.08. The summed E-state index contributed by atoms with van der Waals surface area (Å²) in [6.07, 6.45) is 9.54. The fourth-order valence-corrected chi connectivity index (χ4v) is 6.50. The summed E-state index contributed by atoms with van der Waals surface area (Å²) in [4.78, 5) is 31.1. The molecule has 2 aliphatic rings. The van der Waals surface area contributed by atoms with Crippen LogP contribution in [0.1, 0.15) is 43.9 Å². The van der Waals surface area contributed by atoms with Gasteiger partial charge in [0, 0.05) is 40.5 Å². The molecule has 272 valence electrons. The maximum atomic E-state index is 14.6. The van der Waals surface area contributed by atoms with Gasteiger partial charge in [0.1, 0.15) is 31.5 Å². The van der Waals surface area contributed by atoms with Crippen molar-refractivity contribution in [2.24, 2.45) is 11.0 Å². The van der Waals surface area contributed by atoms with Crippen molar-refractivity contribution in [3.05, 3.63) is 107 Å². The topological polar surface area (TPSA) is 74.7 Å². The van der Waals surface area contributed by atoms with Crippen molar-refractivity contribution < 1.29 is 19.1 Å². The number of nitrogens with zero attached hydrogens (tertiary/aromatic N) is 4. The van der Waals surface area contributed by atoms with Gasteiger partial charge in [0.05, 0.1) is 18.6 Å². The van der Waals surface area contributed by atoms with Crippen LogP contribution < -0.4 is 9.64 Å². The number of carbonyl (C=O) groups is 2. The molecule has 0 spiro atoms. The van der Waals surface area contributed by atoms with E-state index < -0.39 is 22.0 Å². The molecule has 3 aromatic rings. The number of amidine groups is 1. The molecule has 50 heavy (non-hydrogen) atoms. The molecule has 1 unspecified atom stereocenters. The zero-order chi connectivity index (χ0) is 36.8. The summed E-state index contributed by atoms with van der Waals surface area (Å²) in [5.74, 6) is 1.66. The highest BCUT2D eigenvalue weighted by Gasteiger charge is 2.45. The van der Waals surface area contributed by atoms with Crippen LogP contribution in [-0.4, -0.2) is 85.6 Å². The highest BCUT2D eigenvalue weighted by molar-refractivity contribution is 8.32. The van der Waals surface area contributed by atoms with E-state index in [1.807, 2.05) is 86.3 Å². The van der Waals surface area contributed by atoms with E-state index in [-0.39, 0.29) is 25.1 Å². The summed E-state index contributed by atoms with van der Waals surface area (Å²) in [5, 5.41) is 7.29. The van der Waals surface area contributed by atoms with Gasteiger partial charge in [0.2, 0.25) is 5.91 Å². The molecule has 0 radical (unpaired) electrons. The van der Waals surface area contributed by atoms with Gasteiger partial charge >= 0.3 is 0 Å². The second-order valence-corrected chi connectivity index (χ2v) is 18.1. The molecule has 2 heterocycles. The summed E-state index contributed by atoms with van der Waals surface area (Å²) in [5.41, 5.74) is 2.55. The Labute approximate surface area is 310 Å².